The molecule has 1 atom stereocenters. The van der Waals surface area contributed by atoms with Gasteiger partial charge in [-0.1, -0.05) is 65.7 Å². The highest BCUT2D eigenvalue weighted by Crippen LogP contribution is 2.22. The standard InChI is InChI=1S/C28H31Cl2N3O4S/c1-31-28(35)26(19-21-8-4-3-5-9-21)32(20-22-10-6-11-24(30)18-22)27(34)12-7-17-33(38(2,36)37)25-15-13-23(29)14-16-25/h3-6,8-11,13-16,18,26H,7,12,17,19-20H2,1-2H3,(H,31,35)/t26-/m0/s1. The average Bonchev–Trinajstić information content (AvgIpc) is 2.88. The van der Waals surface area contributed by atoms with Crippen LogP contribution in [-0.2, 0) is 32.6 Å². The molecule has 0 heterocycles. The molecular weight excluding hydrogens is 545 g/mol. The van der Waals surface area contributed by atoms with Crippen LogP contribution in [0.5, 0.6) is 0 Å². The van der Waals surface area contributed by atoms with Crippen LogP contribution in [0.1, 0.15) is 24.0 Å². The molecule has 1 N–H and O–H groups in total. The van der Waals surface area contributed by atoms with E-state index in [1.165, 1.54) is 4.31 Å². The number of nitrogens with one attached hydrogen (secondary N) is 1. The molecule has 0 unspecified atom stereocenters. The van der Waals surface area contributed by atoms with E-state index in [9.17, 15) is 18.0 Å². The zero-order valence-electron chi connectivity index (χ0n) is 21.3. The largest absolute Gasteiger partial charge is 0.357 e. The number of amides is 2. The Kier molecular flexibility index (Phi) is 10.6. The van der Waals surface area contributed by atoms with Gasteiger partial charge in [0.2, 0.25) is 21.8 Å². The van der Waals surface area contributed by atoms with Crippen LogP contribution in [0.2, 0.25) is 10.0 Å². The maximum atomic E-state index is 13.6. The highest BCUT2D eigenvalue weighted by atomic mass is 35.5. The second kappa shape index (κ2) is 13.6. The average molecular weight is 577 g/mol. The van der Waals surface area contributed by atoms with Crippen LogP contribution in [-0.4, -0.2) is 51.0 Å². The van der Waals surface area contributed by atoms with Gasteiger partial charge in [-0.3, -0.25) is 13.9 Å². The Bertz CT molecular complexity index is 1340. The highest BCUT2D eigenvalue weighted by molar-refractivity contribution is 7.92. The second-order valence-electron chi connectivity index (χ2n) is 8.89. The monoisotopic (exact) mass is 575 g/mol. The third-order valence-electron chi connectivity index (χ3n) is 6.03. The molecule has 38 heavy (non-hydrogen) atoms. The Morgan fingerprint density at radius 3 is 2.16 bits per heavy atom. The summed E-state index contributed by atoms with van der Waals surface area (Å²) in [7, 11) is -2.05. The Hall–Kier alpha value is -3.07. The van der Waals surface area contributed by atoms with Crippen molar-refractivity contribution in [2.24, 2.45) is 0 Å². The van der Waals surface area contributed by atoms with Gasteiger partial charge in [-0.05, 0) is 53.9 Å². The minimum atomic E-state index is -3.59. The minimum absolute atomic E-state index is 0.0441. The lowest BCUT2D eigenvalue weighted by molar-refractivity contribution is -0.141. The molecule has 3 rings (SSSR count). The smallest absolute Gasteiger partial charge is 0.242 e. The molecule has 0 bridgehead atoms. The molecule has 0 aromatic heterocycles. The maximum absolute atomic E-state index is 13.6. The molecule has 10 heteroatoms. The number of halogens is 2. The van der Waals surface area contributed by atoms with Crippen molar-refractivity contribution < 1.29 is 18.0 Å². The van der Waals surface area contributed by atoms with E-state index in [1.54, 1.807) is 54.4 Å². The second-order valence-corrected chi connectivity index (χ2v) is 11.7. The molecule has 3 aromatic rings. The lowest BCUT2D eigenvalue weighted by Gasteiger charge is -2.31. The van der Waals surface area contributed by atoms with Crippen LogP contribution < -0.4 is 9.62 Å². The number of hydrogen-bond donors (Lipinski definition) is 1. The lowest BCUT2D eigenvalue weighted by atomic mass is 10.0. The Morgan fingerprint density at radius 2 is 1.55 bits per heavy atom. The van der Waals surface area contributed by atoms with Gasteiger partial charge in [0.1, 0.15) is 6.04 Å². The fourth-order valence-corrected chi connectivity index (χ4v) is 5.47. The first-order valence-electron chi connectivity index (χ1n) is 12.1. The number of benzene rings is 3. The number of rotatable bonds is 12. The molecule has 0 aliphatic heterocycles. The Labute approximate surface area is 234 Å². The van der Waals surface area contributed by atoms with Crippen LogP contribution in [0.4, 0.5) is 5.69 Å². The molecule has 0 aliphatic rings. The third-order valence-corrected chi connectivity index (χ3v) is 7.71. The van der Waals surface area contributed by atoms with Gasteiger partial charge >= 0.3 is 0 Å². The lowest BCUT2D eigenvalue weighted by Crippen LogP contribution is -2.49. The number of nitrogens with zero attached hydrogens (tertiary/aromatic N) is 2. The van der Waals surface area contributed by atoms with Gasteiger partial charge in [0.25, 0.3) is 0 Å². The first kappa shape index (κ1) is 29.5. The molecule has 0 aliphatic carbocycles. The van der Waals surface area contributed by atoms with Crippen molar-refractivity contribution in [3.63, 3.8) is 0 Å². The molecule has 2 amide bonds. The zero-order valence-corrected chi connectivity index (χ0v) is 23.6. The minimum Gasteiger partial charge on any atom is -0.357 e. The summed E-state index contributed by atoms with van der Waals surface area (Å²) in [5.74, 6) is -0.553. The quantitative estimate of drug-likeness (QED) is 0.332. The van der Waals surface area contributed by atoms with Crippen LogP contribution in [0, 0.1) is 0 Å². The van der Waals surface area contributed by atoms with Gasteiger partial charge in [-0.15, -0.1) is 0 Å². The van der Waals surface area contributed by atoms with Crippen LogP contribution in [0.3, 0.4) is 0 Å². The van der Waals surface area contributed by atoms with E-state index in [-0.39, 0.29) is 37.7 Å². The molecule has 202 valence electrons. The number of sulfonamides is 1. The van der Waals surface area contributed by atoms with Gasteiger partial charge < -0.3 is 10.2 Å². The molecule has 0 spiro atoms. The van der Waals surface area contributed by atoms with E-state index >= 15 is 0 Å². The van der Waals surface area contributed by atoms with Gasteiger partial charge in [-0.2, -0.15) is 0 Å². The van der Waals surface area contributed by atoms with Crippen LogP contribution in [0.15, 0.2) is 78.9 Å². The molecule has 7 nitrogen and oxygen atoms in total. The highest BCUT2D eigenvalue weighted by Gasteiger charge is 2.30. The number of hydrogen-bond acceptors (Lipinski definition) is 4. The fourth-order valence-electron chi connectivity index (χ4n) is 4.16. The summed E-state index contributed by atoms with van der Waals surface area (Å²) in [6.07, 6.45) is 1.75. The summed E-state index contributed by atoms with van der Waals surface area (Å²) in [6, 6.07) is 22.3. The fraction of sp³-hybridized carbons (Fsp3) is 0.286. The molecule has 0 fully saturated rings. The number of carbonyl (C=O) groups is 2. The van der Waals surface area contributed by atoms with Crippen molar-refractivity contribution in [2.45, 2.75) is 31.8 Å². The van der Waals surface area contributed by atoms with Gasteiger partial charge in [0.05, 0.1) is 11.9 Å². The van der Waals surface area contributed by atoms with Gasteiger partial charge in [0.15, 0.2) is 0 Å². The Balaban J connectivity index is 1.84. The van der Waals surface area contributed by atoms with Crippen molar-refractivity contribution in [1.82, 2.24) is 10.2 Å². The normalized spacial score (nSPS) is 12.0. The third kappa shape index (κ3) is 8.48. The first-order valence-corrected chi connectivity index (χ1v) is 14.7. The summed E-state index contributed by atoms with van der Waals surface area (Å²) >= 11 is 12.1. The number of anilines is 1. The molecule has 0 saturated carbocycles. The SMILES string of the molecule is CNC(=O)[C@H](Cc1ccccc1)N(Cc1cccc(Cl)c1)C(=O)CCCN(c1ccc(Cl)cc1)S(C)(=O)=O. The number of carbonyl (C=O) groups excluding carboxylic acids is 2. The van der Waals surface area contributed by atoms with Crippen molar-refractivity contribution >= 4 is 50.7 Å². The van der Waals surface area contributed by atoms with Crippen molar-refractivity contribution in [3.8, 4) is 0 Å². The van der Waals surface area contributed by atoms with E-state index in [0.717, 1.165) is 17.4 Å². The van der Waals surface area contributed by atoms with E-state index in [4.69, 9.17) is 23.2 Å². The van der Waals surface area contributed by atoms with E-state index in [1.807, 2.05) is 36.4 Å². The van der Waals surface area contributed by atoms with E-state index in [2.05, 4.69) is 5.32 Å². The summed E-state index contributed by atoms with van der Waals surface area (Å²) in [5.41, 5.74) is 2.16. The molecule has 3 aromatic carbocycles. The van der Waals surface area contributed by atoms with Gasteiger partial charge in [0, 0.05) is 43.0 Å². The van der Waals surface area contributed by atoms with Crippen LogP contribution >= 0.6 is 23.2 Å². The van der Waals surface area contributed by atoms with Crippen LogP contribution in [0.25, 0.3) is 0 Å². The summed E-state index contributed by atoms with van der Waals surface area (Å²) in [6.45, 7) is 0.276. The van der Waals surface area contributed by atoms with Crippen molar-refractivity contribution in [2.75, 3.05) is 24.2 Å². The predicted molar refractivity (Wildman–Crippen MR) is 153 cm³/mol. The predicted octanol–water partition coefficient (Wildman–Crippen LogP) is 4.93. The maximum Gasteiger partial charge on any atom is 0.242 e. The zero-order chi connectivity index (χ0) is 27.7. The Morgan fingerprint density at radius 1 is 0.895 bits per heavy atom. The van der Waals surface area contributed by atoms with Gasteiger partial charge in [-0.25, -0.2) is 8.42 Å². The summed E-state index contributed by atoms with van der Waals surface area (Å²) in [4.78, 5) is 28.2. The number of likely N-dealkylation sites (N-methyl/N-ethyl adjacent to an activating group) is 1. The molecular formula is C28H31Cl2N3O4S. The molecule has 0 radical (unpaired) electrons. The van der Waals surface area contributed by atoms with E-state index < -0.39 is 16.1 Å². The molecule has 0 saturated heterocycles. The van der Waals surface area contributed by atoms with Crippen molar-refractivity contribution in [3.05, 3.63) is 100 Å². The topological polar surface area (TPSA) is 86.8 Å². The summed E-state index contributed by atoms with van der Waals surface area (Å²) < 4.78 is 26.2. The summed E-state index contributed by atoms with van der Waals surface area (Å²) in [5, 5.41) is 3.70. The van der Waals surface area contributed by atoms with E-state index in [0.29, 0.717) is 22.2 Å². The van der Waals surface area contributed by atoms with Crippen molar-refractivity contribution in [1.29, 1.82) is 0 Å². The first-order chi connectivity index (χ1) is 18.1.